The van der Waals surface area contributed by atoms with E-state index in [4.69, 9.17) is 4.74 Å². The van der Waals surface area contributed by atoms with Crippen LogP contribution in [0.5, 0.6) is 0 Å². The number of nitrogens with zero attached hydrogens (tertiary/aromatic N) is 1. The fraction of sp³-hybridized carbons (Fsp3) is 0.211. The summed E-state index contributed by atoms with van der Waals surface area (Å²) in [5, 5.41) is 14.6. The number of ether oxygens (including phenoxy) is 1. The lowest BCUT2D eigenvalue weighted by molar-refractivity contribution is -0.429. The lowest BCUT2D eigenvalue weighted by Crippen LogP contribution is -2.54. The third-order valence-corrected chi connectivity index (χ3v) is 4.49. The predicted molar refractivity (Wildman–Crippen MR) is 92.3 cm³/mol. The first kappa shape index (κ1) is 16.7. The third kappa shape index (κ3) is 2.98. The number of carbonyl (C=O) groups is 1. The molecule has 6 heteroatoms. The van der Waals surface area contributed by atoms with Gasteiger partial charge in [0.1, 0.15) is 5.92 Å². The molecule has 1 heterocycles. The van der Waals surface area contributed by atoms with Gasteiger partial charge in [-0.05, 0) is 11.1 Å². The Balaban J connectivity index is 2.12. The van der Waals surface area contributed by atoms with Gasteiger partial charge in [0.05, 0.1) is 18.2 Å². The molecular weight excluding hydrogens is 320 g/mol. The van der Waals surface area contributed by atoms with Crippen LogP contribution in [0.2, 0.25) is 0 Å². The number of nitro groups is 1. The summed E-state index contributed by atoms with van der Waals surface area (Å²) in [5.74, 6) is -1.28. The number of hydrogen-bond acceptors (Lipinski definition) is 5. The summed E-state index contributed by atoms with van der Waals surface area (Å²) in [7, 11) is 1.29. The van der Waals surface area contributed by atoms with Crippen molar-refractivity contribution < 1.29 is 14.5 Å². The molecular formula is C19H18N2O4. The van der Waals surface area contributed by atoms with E-state index >= 15 is 0 Å². The Morgan fingerprint density at radius 2 is 1.76 bits per heavy atom. The van der Waals surface area contributed by atoms with Crippen LogP contribution in [0, 0.1) is 10.1 Å². The van der Waals surface area contributed by atoms with Crippen LogP contribution in [0.4, 0.5) is 0 Å². The van der Waals surface area contributed by atoms with Gasteiger partial charge in [0.25, 0.3) is 5.70 Å². The van der Waals surface area contributed by atoms with Crippen LogP contribution in [0.25, 0.3) is 0 Å². The molecule has 1 aliphatic rings. The largest absolute Gasteiger partial charge is 0.467 e. The van der Waals surface area contributed by atoms with Crippen LogP contribution in [-0.2, 0) is 16.0 Å². The summed E-state index contributed by atoms with van der Waals surface area (Å²) in [5.41, 5.74) is 0.267. The summed E-state index contributed by atoms with van der Waals surface area (Å²) >= 11 is 0. The molecule has 0 aliphatic carbocycles. The number of hydrogen-bond donors (Lipinski definition) is 1. The molecule has 0 spiro atoms. The second-order valence-corrected chi connectivity index (χ2v) is 5.94. The number of esters is 1. The molecule has 1 N–H and O–H groups in total. The molecule has 0 bridgehead atoms. The van der Waals surface area contributed by atoms with Gasteiger partial charge in [-0.3, -0.25) is 10.1 Å². The van der Waals surface area contributed by atoms with Gasteiger partial charge in [0, 0.05) is 6.42 Å². The molecule has 0 unspecified atom stereocenters. The topological polar surface area (TPSA) is 81.5 Å². The lowest BCUT2D eigenvalue weighted by Gasteiger charge is -2.33. The van der Waals surface area contributed by atoms with Crippen LogP contribution in [0.3, 0.4) is 0 Å². The average Bonchev–Trinajstić information content (AvgIpc) is 3.03. The van der Waals surface area contributed by atoms with Crippen molar-refractivity contribution in [2.45, 2.75) is 17.9 Å². The van der Waals surface area contributed by atoms with E-state index in [1.54, 1.807) is 24.3 Å². The van der Waals surface area contributed by atoms with Gasteiger partial charge >= 0.3 is 5.97 Å². The highest BCUT2D eigenvalue weighted by Gasteiger charge is 2.56. The maximum atomic E-state index is 12.8. The zero-order valence-electron chi connectivity index (χ0n) is 13.7. The smallest absolute Gasteiger partial charge is 0.333 e. The highest BCUT2D eigenvalue weighted by molar-refractivity contribution is 5.84. The Morgan fingerprint density at radius 3 is 2.32 bits per heavy atom. The van der Waals surface area contributed by atoms with Crippen LogP contribution >= 0.6 is 0 Å². The molecule has 6 nitrogen and oxygen atoms in total. The molecule has 0 saturated heterocycles. The van der Waals surface area contributed by atoms with Crippen molar-refractivity contribution in [3.05, 3.63) is 93.8 Å². The van der Waals surface area contributed by atoms with Gasteiger partial charge in [0.15, 0.2) is 5.54 Å². The molecule has 128 valence electrons. The van der Waals surface area contributed by atoms with Gasteiger partial charge in [-0.15, -0.1) is 0 Å². The molecule has 2 aromatic rings. The molecule has 0 saturated carbocycles. The Labute approximate surface area is 145 Å². The van der Waals surface area contributed by atoms with Gasteiger partial charge < -0.3 is 10.1 Å². The van der Waals surface area contributed by atoms with Crippen LogP contribution in [0.1, 0.15) is 17.0 Å². The minimum atomic E-state index is -1.26. The Hall–Kier alpha value is -3.15. The molecule has 0 fully saturated rings. The summed E-state index contributed by atoms with van der Waals surface area (Å²) in [6.45, 7) is 0. The third-order valence-electron chi connectivity index (χ3n) is 4.49. The van der Waals surface area contributed by atoms with E-state index in [2.05, 4.69) is 5.32 Å². The van der Waals surface area contributed by atoms with Crippen molar-refractivity contribution in [3.63, 3.8) is 0 Å². The second-order valence-electron chi connectivity index (χ2n) is 5.94. The predicted octanol–water partition coefficient (Wildman–Crippen LogP) is 2.65. The maximum absolute atomic E-state index is 12.8. The van der Waals surface area contributed by atoms with Gasteiger partial charge in [-0.25, -0.2) is 4.79 Å². The standard InChI is InChI=1S/C19H18N2O4/c1-25-18(22)19(12-14-8-4-2-5-9-14)17(15-10-6-3-7-11-15)16(13-20-19)21(23)24/h2-11,13,17,20H,12H2,1H3/t17-,19+/m1/s1. The quantitative estimate of drug-likeness (QED) is 0.515. The summed E-state index contributed by atoms with van der Waals surface area (Å²) in [6, 6.07) is 18.4. The number of methoxy groups -OCH3 is 1. The minimum Gasteiger partial charge on any atom is -0.467 e. The van der Waals surface area contributed by atoms with Gasteiger partial charge in [-0.1, -0.05) is 60.7 Å². The van der Waals surface area contributed by atoms with E-state index < -0.39 is 22.3 Å². The van der Waals surface area contributed by atoms with Gasteiger partial charge in [0.2, 0.25) is 0 Å². The first-order valence-corrected chi connectivity index (χ1v) is 7.88. The van der Waals surface area contributed by atoms with Crippen molar-refractivity contribution in [2.24, 2.45) is 0 Å². The molecule has 0 aromatic heterocycles. The van der Waals surface area contributed by atoms with Crippen LogP contribution in [-0.4, -0.2) is 23.5 Å². The molecule has 1 aliphatic heterocycles. The molecule has 3 rings (SSSR count). The van der Waals surface area contributed by atoms with Crippen molar-refractivity contribution in [3.8, 4) is 0 Å². The normalized spacial score (nSPS) is 22.0. The zero-order chi connectivity index (χ0) is 17.9. The summed E-state index contributed by atoms with van der Waals surface area (Å²) in [6.07, 6.45) is 1.59. The number of benzene rings is 2. The molecule has 0 radical (unpaired) electrons. The summed E-state index contributed by atoms with van der Waals surface area (Å²) < 4.78 is 5.03. The fourth-order valence-corrected chi connectivity index (χ4v) is 3.38. The first-order chi connectivity index (χ1) is 12.1. The zero-order valence-corrected chi connectivity index (χ0v) is 13.7. The lowest BCUT2D eigenvalue weighted by atomic mass is 9.75. The van der Waals surface area contributed by atoms with E-state index in [0.717, 1.165) is 5.56 Å². The number of carbonyl (C=O) groups excluding carboxylic acids is 1. The number of nitrogens with one attached hydrogen (secondary N) is 1. The van der Waals surface area contributed by atoms with Gasteiger partial charge in [-0.2, -0.15) is 0 Å². The van der Waals surface area contributed by atoms with Crippen molar-refractivity contribution in [1.82, 2.24) is 5.32 Å². The molecule has 25 heavy (non-hydrogen) atoms. The summed E-state index contributed by atoms with van der Waals surface area (Å²) in [4.78, 5) is 23.9. The second kappa shape index (κ2) is 6.76. The minimum absolute atomic E-state index is 0.0486. The molecule has 2 aromatic carbocycles. The highest BCUT2D eigenvalue weighted by atomic mass is 16.6. The molecule has 2 atom stereocenters. The van der Waals surface area contributed by atoms with E-state index in [9.17, 15) is 14.9 Å². The Bertz CT molecular complexity index is 805. The monoisotopic (exact) mass is 338 g/mol. The Morgan fingerprint density at radius 1 is 1.16 bits per heavy atom. The van der Waals surface area contributed by atoms with Crippen molar-refractivity contribution in [2.75, 3.05) is 7.11 Å². The van der Waals surface area contributed by atoms with Crippen LogP contribution < -0.4 is 5.32 Å². The fourth-order valence-electron chi connectivity index (χ4n) is 3.38. The average molecular weight is 338 g/mol. The molecule has 0 amide bonds. The maximum Gasteiger partial charge on any atom is 0.333 e. The van der Waals surface area contributed by atoms with E-state index in [-0.39, 0.29) is 12.1 Å². The van der Waals surface area contributed by atoms with E-state index in [0.29, 0.717) is 5.56 Å². The SMILES string of the molecule is COC(=O)[C@@]1(Cc2ccccc2)NC=C([N+](=O)[O-])[C@H]1c1ccccc1. The highest BCUT2D eigenvalue weighted by Crippen LogP contribution is 2.42. The van der Waals surface area contributed by atoms with E-state index in [1.807, 2.05) is 36.4 Å². The van der Waals surface area contributed by atoms with Crippen LogP contribution in [0.15, 0.2) is 72.6 Å². The Kier molecular flexibility index (Phi) is 4.52. The van der Waals surface area contributed by atoms with Crippen molar-refractivity contribution >= 4 is 5.97 Å². The van der Waals surface area contributed by atoms with Crippen molar-refractivity contribution in [1.29, 1.82) is 0 Å². The first-order valence-electron chi connectivity index (χ1n) is 7.88. The number of rotatable bonds is 5. The van der Waals surface area contributed by atoms with E-state index in [1.165, 1.54) is 13.3 Å².